The van der Waals surface area contributed by atoms with E-state index in [-0.39, 0.29) is 24.4 Å². The minimum absolute atomic E-state index is 0.0654. The fraction of sp³-hybridized carbons (Fsp3) is 0.286. The van der Waals surface area contributed by atoms with Gasteiger partial charge in [0.1, 0.15) is 5.75 Å². The third kappa shape index (κ3) is 6.02. The number of carbonyl (C=O) groups excluding carboxylic acids is 2. The van der Waals surface area contributed by atoms with Crippen LogP contribution in [0.15, 0.2) is 78.9 Å². The summed E-state index contributed by atoms with van der Waals surface area (Å²) in [6.45, 7) is 2.43. The van der Waals surface area contributed by atoms with Crippen molar-refractivity contribution in [2.24, 2.45) is 0 Å². The highest BCUT2D eigenvalue weighted by Crippen LogP contribution is 2.27. The number of ether oxygens (including phenoxy) is 1. The standard InChI is InChI=1S/C28H31N3O3/c1-34-25-11-7-10-24(18-25)26(31-16-5-6-17-31)19-29-27(32)20-30-28(33)23-14-12-22(13-15-23)21-8-3-2-4-9-21/h2-4,7-15,18,26H,5-6,16-17,19-20H2,1H3,(H,29,32)(H,30,33). The molecule has 0 aliphatic carbocycles. The number of rotatable bonds is 9. The fourth-order valence-corrected chi connectivity index (χ4v) is 4.34. The molecule has 1 unspecified atom stereocenters. The van der Waals surface area contributed by atoms with E-state index in [0.717, 1.165) is 48.4 Å². The first kappa shape index (κ1) is 23.5. The summed E-state index contributed by atoms with van der Waals surface area (Å²) in [6.07, 6.45) is 2.32. The van der Waals surface area contributed by atoms with Gasteiger partial charge in [-0.3, -0.25) is 14.5 Å². The zero-order valence-corrected chi connectivity index (χ0v) is 19.5. The van der Waals surface area contributed by atoms with Crippen LogP contribution in [0.4, 0.5) is 0 Å². The van der Waals surface area contributed by atoms with Gasteiger partial charge in [0.05, 0.1) is 19.7 Å². The molecule has 1 aliphatic rings. The molecule has 2 amide bonds. The van der Waals surface area contributed by atoms with Crippen molar-refractivity contribution in [2.75, 3.05) is 33.3 Å². The van der Waals surface area contributed by atoms with Gasteiger partial charge in [-0.2, -0.15) is 0 Å². The molecular formula is C28H31N3O3. The molecule has 1 saturated heterocycles. The van der Waals surface area contributed by atoms with Gasteiger partial charge in [-0.1, -0.05) is 54.6 Å². The predicted molar refractivity (Wildman–Crippen MR) is 134 cm³/mol. The first-order chi connectivity index (χ1) is 16.6. The van der Waals surface area contributed by atoms with E-state index in [2.05, 4.69) is 21.6 Å². The van der Waals surface area contributed by atoms with Gasteiger partial charge in [0.15, 0.2) is 0 Å². The van der Waals surface area contributed by atoms with Crippen LogP contribution in [0, 0.1) is 0 Å². The first-order valence-electron chi connectivity index (χ1n) is 11.7. The first-order valence-corrected chi connectivity index (χ1v) is 11.7. The maximum Gasteiger partial charge on any atom is 0.251 e. The smallest absolute Gasteiger partial charge is 0.251 e. The molecule has 0 saturated carbocycles. The van der Waals surface area contributed by atoms with Crippen LogP contribution >= 0.6 is 0 Å². The van der Waals surface area contributed by atoms with Crippen LogP contribution in [0.25, 0.3) is 11.1 Å². The molecule has 1 heterocycles. The van der Waals surface area contributed by atoms with Crippen molar-refractivity contribution in [3.05, 3.63) is 90.0 Å². The van der Waals surface area contributed by atoms with Gasteiger partial charge in [-0.15, -0.1) is 0 Å². The number of hydrogen-bond donors (Lipinski definition) is 2. The molecule has 1 fully saturated rings. The number of likely N-dealkylation sites (tertiary alicyclic amines) is 1. The van der Waals surface area contributed by atoms with Crippen molar-refractivity contribution in [3.63, 3.8) is 0 Å². The Kier molecular flexibility index (Phi) is 7.94. The Balaban J connectivity index is 1.31. The molecule has 34 heavy (non-hydrogen) atoms. The second kappa shape index (κ2) is 11.5. The molecule has 4 rings (SSSR count). The van der Waals surface area contributed by atoms with Crippen LogP contribution < -0.4 is 15.4 Å². The van der Waals surface area contributed by atoms with Gasteiger partial charge in [0.2, 0.25) is 5.91 Å². The maximum atomic E-state index is 12.5. The number of amides is 2. The lowest BCUT2D eigenvalue weighted by atomic mass is 10.0. The summed E-state index contributed by atoms with van der Waals surface area (Å²) < 4.78 is 5.38. The van der Waals surface area contributed by atoms with Crippen molar-refractivity contribution < 1.29 is 14.3 Å². The molecule has 0 radical (unpaired) electrons. The number of nitrogens with zero attached hydrogens (tertiary/aromatic N) is 1. The third-order valence-corrected chi connectivity index (χ3v) is 6.22. The van der Waals surface area contributed by atoms with E-state index in [1.165, 1.54) is 0 Å². The molecule has 6 heteroatoms. The van der Waals surface area contributed by atoms with E-state index in [4.69, 9.17) is 4.74 Å². The largest absolute Gasteiger partial charge is 0.497 e. The average Bonchev–Trinajstić information content (AvgIpc) is 3.43. The van der Waals surface area contributed by atoms with E-state index in [1.807, 2.05) is 60.7 Å². The third-order valence-electron chi connectivity index (χ3n) is 6.22. The average molecular weight is 458 g/mol. The monoisotopic (exact) mass is 457 g/mol. The molecule has 176 valence electrons. The summed E-state index contributed by atoms with van der Waals surface area (Å²) >= 11 is 0. The van der Waals surface area contributed by atoms with Crippen molar-refractivity contribution in [2.45, 2.75) is 18.9 Å². The lowest BCUT2D eigenvalue weighted by Crippen LogP contribution is -2.41. The molecule has 0 spiro atoms. The van der Waals surface area contributed by atoms with Crippen molar-refractivity contribution >= 4 is 11.8 Å². The Morgan fingerprint density at radius 1 is 0.882 bits per heavy atom. The summed E-state index contributed by atoms with van der Waals surface area (Å²) in [5, 5.41) is 5.72. The lowest BCUT2D eigenvalue weighted by molar-refractivity contribution is -0.120. The lowest BCUT2D eigenvalue weighted by Gasteiger charge is -2.28. The highest BCUT2D eigenvalue weighted by Gasteiger charge is 2.24. The SMILES string of the molecule is COc1cccc(C(CNC(=O)CNC(=O)c2ccc(-c3ccccc3)cc2)N2CCCC2)c1. The zero-order valence-electron chi connectivity index (χ0n) is 19.5. The van der Waals surface area contributed by atoms with Crippen LogP contribution in [0.5, 0.6) is 5.75 Å². The summed E-state index contributed by atoms with van der Waals surface area (Å²) in [6, 6.07) is 25.4. The Hall–Kier alpha value is -3.64. The Bertz CT molecular complexity index is 1090. The predicted octanol–water partition coefficient (Wildman–Crippen LogP) is 4.05. The van der Waals surface area contributed by atoms with Crippen LogP contribution in [-0.2, 0) is 4.79 Å². The van der Waals surface area contributed by atoms with Crippen molar-refractivity contribution in [1.82, 2.24) is 15.5 Å². The fourth-order valence-electron chi connectivity index (χ4n) is 4.34. The Morgan fingerprint density at radius 3 is 2.29 bits per heavy atom. The molecule has 3 aromatic carbocycles. The van der Waals surface area contributed by atoms with E-state index in [1.54, 1.807) is 19.2 Å². The molecule has 1 aliphatic heterocycles. The molecule has 6 nitrogen and oxygen atoms in total. The molecule has 3 aromatic rings. The quantitative estimate of drug-likeness (QED) is 0.509. The van der Waals surface area contributed by atoms with Gasteiger partial charge < -0.3 is 15.4 Å². The van der Waals surface area contributed by atoms with Crippen LogP contribution in [0.1, 0.15) is 34.8 Å². The van der Waals surface area contributed by atoms with Crippen molar-refractivity contribution in [1.29, 1.82) is 0 Å². The van der Waals surface area contributed by atoms with Gasteiger partial charge >= 0.3 is 0 Å². The molecule has 2 N–H and O–H groups in total. The van der Waals surface area contributed by atoms with Gasteiger partial charge in [-0.25, -0.2) is 0 Å². The summed E-state index contributed by atoms with van der Waals surface area (Å²) in [5.74, 6) is 0.332. The van der Waals surface area contributed by atoms with Crippen LogP contribution in [-0.4, -0.2) is 50.0 Å². The molecular weight excluding hydrogens is 426 g/mol. The van der Waals surface area contributed by atoms with Gasteiger partial charge in [0.25, 0.3) is 5.91 Å². The zero-order chi connectivity index (χ0) is 23.8. The Labute approximate surface area is 200 Å². The van der Waals surface area contributed by atoms with Crippen LogP contribution in [0.3, 0.4) is 0 Å². The van der Waals surface area contributed by atoms with Crippen molar-refractivity contribution in [3.8, 4) is 16.9 Å². The topological polar surface area (TPSA) is 70.7 Å². The molecule has 0 aromatic heterocycles. The summed E-state index contributed by atoms with van der Waals surface area (Å²) in [4.78, 5) is 27.4. The van der Waals surface area contributed by atoms with Gasteiger partial charge in [0, 0.05) is 12.1 Å². The minimum Gasteiger partial charge on any atom is -0.497 e. The summed E-state index contributed by atoms with van der Waals surface area (Å²) in [7, 11) is 1.66. The maximum absolute atomic E-state index is 12.5. The Morgan fingerprint density at radius 2 is 1.59 bits per heavy atom. The highest BCUT2D eigenvalue weighted by atomic mass is 16.5. The number of benzene rings is 3. The highest BCUT2D eigenvalue weighted by molar-refractivity contribution is 5.96. The van der Waals surface area contributed by atoms with Crippen LogP contribution in [0.2, 0.25) is 0 Å². The number of nitrogens with one attached hydrogen (secondary N) is 2. The number of carbonyl (C=O) groups is 2. The van der Waals surface area contributed by atoms with Gasteiger partial charge in [-0.05, 0) is 66.9 Å². The van der Waals surface area contributed by atoms with E-state index >= 15 is 0 Å². The van der Waals surface area contributed by atoms with E-state index in [0.29, 0.717) is 12.1 Å². The second-order valence-electron chi connectivity index (χ2n) is 8.47. The van der Waals surface area contributed by atoms with E-state index < -0.39 is 0 Å². The molecule has 1 atom stereocenters. The molecule has 0 bridgehead atoms. The van der Waals surface area contributed by atoms with E-state index in [9.17, 15) is 9.59 Å². The minimum atomic E-state index is -0.265. The number of hydrogen-bond acceptors (Lipinski definition) is 4. The second-order valence-corrected chi connectivity index (χ2v) is 8.47. The number of methoxy groups -OCH3 is 1. The summed E-state index contributed by atoms with van der Waals surface area (Å²) in [5.41, 5.74) is 3.78. The normalized spacial score (nSPS) is 14.4.